The average molecular weight is 275 g/mol. The largest absolute Gasteiger partial charge is 0.491 e. The lowest BCUT2D eigenvalue weighted by atomic mass is 9.87. The van der Waals surface area contributed by atoms with E-state index < -0.39 is 0 Å². The highest BCUT2D eigenvalue weighted by molar-refractivity contribution is 5.99. The van der Waals surface area contributed by atoms with E-state index in [0.29, 0.717) is 5.78 Å². The third-order valence-electron chi connectivity index (χ3n) is 3.86. The van der Waals surface area contributed by atoms with Crippen LogP contribution in [-0.2, 0) is 0 Å². The number of nitrogens with one attached hydrogen (secondary N) is 1. The van der Waals surface area contributed by atoms with Crippen molar-refractivity contribution in [3.8, 4) is 5.75 Å². The number of aryl methyl sites for hydroxylation is 2. The number of carbonyl (C=O) groups excluding carboxylic acids is 1. The fourth-order valence-corrected chi connectivity index (χ4v) is 2.74. The predicted molar refractivity (Wildman–Crippen MR) is 81.6 cm³/mol. The number of ketones is 1. The summed E-state index contributed by atoms with van der Waals surface area (Å²) < 4.78 is 5.78. The Morgan fingerprint density at radius 2 is 1.85 bits per heavy atom. The predicted octanol–water partition coefficient (Wildman–Crippen LogP) is 3.27. The fraction of sp³-hybridized carbons (Fsp3) is 0.588. The Hall–Kier alpha value is -1.35. The summed E-state index contributed by atoms with van der Waals surface area (Å²) >= 11 is 0. The van der Waals surface area contributed by atoms with E-state index in [0.717, 1.165) is 48.4 Å². The van der Waals surface area contributed by atoms with Gasteiger partial charge in [0.15, 0.2) is 5.78 Å². The smallest absolute Gasteiger partial charge is 0.166 e. The van der Waals surface area contributed by atoms with Crippen LogP contribution in [0.3, 0.4) is 0 Å². The first-order chi connectivity index (χ1) is 9.49. The third-order valence-corrected chi connectivity index (χ3v) is 3.86. The van der Waals surface area contributed by atoms with Crippen molar-refractivity contribution in [1.82, 2.24) is 5.32 Å². The van der Waals surface area contributed by atoms with E-state index >= 15 is 0 Å². The second-order valence-electron chi connectivity index (χ2n) is 5.99. The maximum atomic E-state index is 12.6. The number of benzene rings is 1. The summed E-state index contributed by atoms with van der Waals surface area (Å²) in [5.74, 6) is 1.36. The molecule has 0 bridgehead atoms. The molecule has 3 heteroatoms. The Morgan fingerprint density at radius 1 is 1.20 bits per heavy atom. The molecule has 0 amide bonds. The number of Topliss-reactive ketones (excluding diaryl/α,β-unsaturated/α-hetero) is 1. The SMILES string of the molecule is Cc1cc(C(=O)C2CCNCC2)c(C)cc1OC(C)C. The molecule has 0 unspecified atom stereocenters. The van der Waals surface area contributed by atoms with E-state index in [4.69, 9.17) is 4.74 Å². The summed E-state index contributed by atoms with van der Waals surface area (Å²) in [5, 5.41) is 3.31. The van der Waals surface area contributed by atoms with Gasteiger partial charge in [0.1, 0.15) is 5.75 Å². The van der Waals surface area contributed by atoms with Gasteiger partial charge in [0.05, 0.1) is 6.10 Å². The zero-order valence-electron chi connectivity index (χ0n) is 13.0. The van der Waals surface area contributed by atoms with E-state index in [1.54, 1.807) is 0 Å². The fourth-order valence-electron chi connectivity index (χ4n) is 2.74. The quantitative estimate of drug-likeness (QED) is 0.857. The first-order valence-electron chi connectivity index (χ1n) is 7.52. The van der Waals surface area contributed by atoms with Gasteiger partial charge in [-0.1, -0.05) is 0 Å². The van der Waals surface area contributed by atoms with Gasteiger partial charge in [0.2, 0.25) is 0 Å². The van der Waals surface area contributed by atoms with Crippen LogP contribution in [0.2, 0.25) is 0 Å². The molecule has 1 saturated heterocycles. The zero-order valence-corrected chi connectivity index (χ0v) is 13.0. The van der Waals surface area contributed by atoms with Crippen LogP contribution in [-0.4, -0.2) is 25.0 Å². The molecule has 2 rings (SSSR count). The number of carbonyl (C=O) groups is 1. The third kappa shape index (κ3) is 3.40. The molecule has 0 radical (unpaired) electrons. The molecule has 1 aliphatic heterocycles. The van der Waals surface area contributed by atoms with Gasteiger partial charge in [-0.25, -0.2) is 0 Å². The Kier molecular flexibility index (Phi) is 4.81. The van der Waals surface area contributed by atoms with Crippen LogP contribution >= 0.6 is 0 Å². The molecular formula is C17H25NO2. The number of hydrogen-bond donors (Lipinski definition) is 1. The normalized spacial score (nSPS) is 16.4. The molecule has 110 valence electrons. The Balaban J connectivity index is 2.23. The van der Waals surface area contributed by atoms with Gasteiger partial charge in [-0.05, 0) is 76.9 Å². The summed E-state index contributed by atoms with van der Waals surface area (Å²) in [4.78, 5) is 12.6. The molecule has 0 saturated carbocycles. The molecular weight excluding hydrogens is 250 g/mol. The van der Waals surface area contributed by atoms with Gasteiger partial charge in [0.25, 0.3) is 0 Å². The lowest BCUT2D eigenvalue weighted by molar-refractivity contribution is 0.0894. The molecule has 0 atom stereocenters. The minimum absolute atomic E-state index is 0.152. The van der Waals surface area contributed by atoms with Crippen molar-refractivity contribution < 1.29 is 9.53 Å². The number of ether oxygens (including phenoxy) is 1. The monoisotopic (exact) mass is 275 g/mol. The van der Waals surface area contributed by atoms with Crippen molar-refractivity contribution in [3.63, 3.8) is 0 Å². The Bertz CT molecular complexity index is 488. The van der Waals surface area contributed by atoms with Crippen LogP contribution < -0.4 is 10.1 Å². The maximum absolute atomic E-state index is 12.6. The Labute approximate surface area is 121 Å². The molecule has 3 nitrogen and oxygen atoms in total. The lowest BCUT2D eigenvalue weighted by Crippen LogP contribution is -2.32. The van der Waals surface area contributed by atoms with E-state index in [-0.39, 0.29) is 12.0 Å². The van der Waals surface area contributed by atoms with E-state index in [2.05, 4.69) is 5.32 Å². The van der Waals surface area contributed by atoms with Gasteiger partial charge in [0, 0.05) is 11.5 Å². The van der Waals surface area contributed by atoms with E-state index in [1.165, 1.54) is 0 Å². The molecule has 0 spiro atoms. The molecule has 1 aromatic carbocycles. The molecule has 1 fully saturated rings. The first-order valence-corrected chi connectivity index (χ1v) is 7.52. The Morgan fingerprint density at radius 3 is 2.45 bits per heavy atom. The second-order valence-corrected chi connectivity index (χ2v) is 5.99. The van der Waals surface area contributed by atoms with Crippen molar-refractivity contribution in [3.05, 3.63) is 28.8 Å². The topological polar surface area (TPSA) is 38.3 Å². The van der Waals surface area contributed by atoms with Crippen LogP contribution in [0, 0.1) is 19.8 Å². The van der Waals surface area contributed by atoms with Crippen LogP contribution in [0.25, 0.3) is 0 Å². The minimum Gasteiger partial charge on any atom is -0.491 e. The molecule has 1 aliphatic rings. The zero-order chi connectivity index (χ0) is 14.7. The van der Waals surface area contributed by atoms with Crippen LogP contribution in [0.15, 0.2) is 12.1 Å². The molecule has 1 N–H and O–H groups in total. The molecule has 1 heterocycles. The van der Waals surface area contributed by atoms with Gasteiger partial charge in [-0.2, -0.15) is 0 Å². The molecule has 0 aliphatic carbocycles. The minimum atomic E-state index is 0.152. The standard InChI is InChI=1S/C17H25NO2/c1-11(2)20-16-10-12(3)15(9-13(16)4)17(19)14-5-7-18-8-6-14/h9-11,14,18H,5-8H2,1-4H3. The van der Waals surface area contributed by atoms with Crippen LogP contribution in [0.4, 0.5) is 0 Å². The summed E-state index contributed by atoms with van der Waals surface area (Å²) in [5.41, 5.74) is 2.93. The molecule has 0 aromatic heterocycles. The van der Waals surface area contributed by atoms with Gasteiger partial charge >= 0.3 is 0 Å². The lowest BCUT2D eigenvalue weighted by Gasteiger charge is -2.23. The van der Waals surface area contributed by atoms with Crippen molar-refractivity contribution in [1.29, 1.82) is 0 Å². The van der Waals surface area contributed by atoms with Crippen molar-refractivity contribution >= 4 is 5.78 Å². The van der Waals surface area contributed by atoms with Crippen LogP contribution in [0.1, 0.15) is 48.2 Å². The van der Waals surface area contributed by atoms with Gasteiger partial charge < -0.3 is 10.1 Å². The van der Waals surface area contributed by atoms with Crippen molar-refractivity contribution in [2.24, 2.45) is 5.92 Å². The summed E-state index contributed by atoms with van der Waals surface area (Å²) in [6.45, 7) is 9.94. The average Bonchev–Trinajstić information content (AvgIpc) is 2.42. The van der Waals surface area contributed by atoms with E-state index in [1.807, 2.05) is 39.8 Å². The van der Waals surface area contributed by atoms with Gasteiger partial charge in [-0.15, -0.1) is 0 Å². The second kappa shape index (κ2) is 6.40. The van der Waals surface area contributed by atoms with E-state index in [9.17, 15) is 4.79 Å². The molecule has 20 heavy (non-hydrogen) atoms. The number of rotatable bonds is 4. The number of hydrogen-bond acceptors (Lipinski definition) is 3. The summed E-state index contributed by atoms with van der Waals surface area (Å²) in [6, 6.07) is 4.00. The summed E-state index contributed by atoms with van der Waals surface area (Å²) in [6.07, 6.45) is 2.04. The van der Waals surface area contributed by atoms with Crippen molar-refractivity contribution in [2.75, 3.05) is 13.1 Å². The first kappa shape index (κ1) is 15.0. The number of piperidine rings is 1. The highest BCUT2D eigenvalue weighted by Gasteiger charge is 2.24. The highest BCUT2D eigenvalue weighted by Crippen LogP contribution is 2.27. The highest BCUT2D eigenvalue weighted by atomic mass is 16.5. The summed E-state index contributed by atoms with van der Waals surface area (Å²) in [7, 11) is 0. The van der Waals surface area contributed by atoms with Crippen molar-refractivity contribution in [2.45, 2.75) is 46.6 Å². The van der Waals surface area contributed by atoms with Crippen LogP contribution in [0.5, 0.6) is 5.75 Å². The molecule has 1 aromatic rings. The van der Waals surface area contributed by atoms with Gasteiger partial charge in [-0.3, -0.25) is 4.79 Å². The maximum Gasteiger partial charge on any atom is 0.166 e.